The molecule has 3 aromatic carbocycles. The van der Waals surface area contributed by atoms with E-state index in [1.165, 1.54) is 4.68 Å². The second kappa shape index (κ2) is 9.26. The Morgan fingerprint density at radius 3 is 2.31 bits per heavy atom. The van der Waals surface area contributed by atoms with Gasteiger partial charge in [0.2, 0.25) is 0 Å². The van der Waals surface area contributed by atoms with Crippen molar-refractivity contribution in [2.75, 3.05) is 7.11 Å². The van der Waals surface area contributed by atoms with Gasteiger partial charge in [-0.1, -0.05) is 48.5 Å². The molecule has 0 aliphatic heterocycles. The number of hydrogen-bond acceptors (Lipinski definition) is 5. The SMILES string of the molecule is COc1ccc(C(C)=NNC(=O)c2nn(Cc3ccccc3)c(=O)c3ccccc23)cc1. The number of fused-ring (bicyclic) bond motifs is 1. The number of amides is 1. The number of nitrogens with one attached hydrogen (secondary N) is 1. The summed E-state index contributed by atoms with van der Waals surface area (Å²) in [6.07, 6.45) is 0. The second-order valence-electron chi connectivity index (χ2n) is 7.21. The van der Waals surface area contributed by atoms with Crippen molar-refractivity contribution in [1.82, 2.24) is 15.2 Å². The summed E-state index contributed by atoms with van der Waals surface area (Å²) >= 11 is 0. The molecule has 32 heavy (non-hydrogen) atoms. The summed E-state index contributed by atoms with van der Waals surface area (Å²) in [5.74, 6) is 0.248. The van der Waals surface area contributed by atoms with E-state index in [1.54, 1.807) is 38.3 Å². The molecule has 0 saturated heterocycles. The van der Waals surface area contributed by atoms with Crippen LogP contribution in [0.2, 0.25) is 0 Å². The zero-order chi connectivity index (χ0) is 22.5. The number of benzene rings is 3. The van der Waals surface area contributed by atoms with E-state index in [4.69, 9.17) is 4.74 Å². The molecule has 0 atom stereocenters. The number of aromatic nitrogens is 2. The van der Waals surface area contributed by atoms with Gasteiger partial charge in [0, 0.05) is 5.39 Å². The minimum absolute atomic E-state index is 0.141. The first kappa shape index (κ1) is 21.0. The van der Waals surface area contributed by atoms with Crippen LogP contribution in [-0.2, 0) is 6.54 Å². The van der Waals surface area contributed by atoms with Crippen LogP contribution in [-0.4, -0.2) is 28.5 Å². The molecule has 7 heteroatoms. The molecule has 1 heterocycles. The summed E-state index contributed by atoms with van der Waals surface area (Å²) in [5.41, 5.74) is 4.85. The first-order chi connectivity index (χ1) is 15.6. The van der Waals surface area contributed by atoms with Gasteiger partial charge in [0.25, 0.3) is 11.5 Å². The van der Waals surface area contributed by atoms with Crippen molar-refractivity contribution in [3.63, 3.8) is 0 Å². The first-order valence-electron chi connectivity index (χ1n) is 10.1. The monoisotopic (exact) mass is 426 g/mol. The van der Waals surface area contributed by atoms with E-state index in [0.717, 1.165) is 16.9 Å². The number of carbonyl (C=O) groups excluding carboxylic acids is 1. The lowest BCUT2D eigenvalue weighted by Crippen LogP contribution is -2.29. The molecule has 0 aliphatic carbocycles. The Morgan fingerprint density at radius 2 is 1.62 bits per heavy atom. The van der Waals surface area contributed by atoms with Gasteiger partial charge >= 0.3 is 0 Å². The molecule has 0 saturated carbocycles. The Morgan fingerprint density at radius 1 is 0.969 bits per heavy atom. The minimum atomic E-state index is -0.490. The van der Waals surface area contributed by atoms with Crippen molar-refractivity contribution < 1.29 is 9.53 Å². The van der Waals surface area contributed by atoms with Gasteiger partial charge in [0.15, 0.2) is 5.69 Å². The van der Waals surface area contributed by atoms with Crippen LogP contribution in [0.5, 0.6) is 5.75 Å². The molecule has 0 bridgehead atoms. The normalized spacial score (nSPS) is 11.4. The molecule has 0 fully saturated rings. The van der Waals surface area contributed by atoms with Gasteiger partial charge in [-0.15, -0.1) is 0 Å². The molecule has 1 N–H and O–H groups in total. The van der Waals surface area contributed by atoms with Gasteiger partial charge in [-0.25, -0.2) is 10.1 Å². The van der Waals surface area contributed by atoms with E-state index in [1.807, 2.05) is 54.6 Å². The number of ether oxygens (including phenoxy) is 1. The van der Waals surface area contributed by atoms with Crippen molar-refractivity contribution >= 4 is 22.4 Å². The largest absolute Gasteiger partial charge is 0.497 e. The highest BCUT2D eigenvalue weighted by atomic mass is 16.5. The number of nitrogens with zero attached hydrogens (tertiary/aromatic N) is 3. The van der Waals surface area contributed by atoms with Gasteiger partial charge in [-0.2, -0.15) is 10.2 Å². The van der Waals surface area contributed by atoms with Crippen LogP contribution in [0, 0.1) is 0 Å². The third kappa shape index (κ3) is 4.41. The summed E-state index contributed by atoms with van der Waals surface area (Å²) in [5, 5.41) is 9.51. The van der Waals surface area contributed by atoms with E-state index in [9.17, 15) is 9.59 Å². The second-order valence-corrected chi connectivity index (χ2v) is 7.21. The summed E-state index contributed by atoms with van der Waals surface area (Å²) < 4.78 is 6.48. The van der Waals surface area contributed by atoms with Crippen molar-refractivity contribution in [1.29, 1.82) is 0 Å². The lowest BCUT2D eigenvalue weighted by Gasteiger charge is -2.10. The van der Waals surface area contributed by atoms with E-state index in [-0.39, 0.29) is 17.8 Å². The fraction of sp³-hybridized carbons (Fsp3) is 0.120. The van der Waals surface area contributed by atoms with Gasteiger partial charge in [0.1, 0.15) is 5.75 Å². The Labute approximate surface area is 185 Å². The Bertz CT molecular complexity index is 1340. The highest BCUT2D eigenvalue weighted by Gasteiger charge is 2.17. The number of rotatable bonds is 6. The molecular formula is C25H22N4O3. The maximum absolute atomic E-state index is 13.0. The van der Waals surface area contributed by atoms with Crippen LogP contribution in [0.3, 0.4) is 0 Å². The van der Waals surface area contributed by atoms with Crippen molar-refractivity contribution in [2.45, 2.75) is 13.5 Å². The topological polar surface area (TPSA) is 85.6 Å². The number of hydrogen-bond donors (Lipinski definition) is 1. The minimum Gasteiger partial charge on any atom is -0.497 e. The fourth-order valence-corrected chi connectivity index (χ4v) is 3.35. The van der Waals surface area contributed by atoms with Gasteiger partial charge < -0.3 is 4.74 Å². The highest BCUT2D eigenvalue weighted by Crippen LogP contribution is 2.15. The van der Waals surface area contributed by atoms with E-state index < -0.39 is 5.91 Å². The number of carbonyl (C=O) groups is 1. The van der Waals surface area contributed by atoms with Gasteiger partial charge in [0.05, 0.1) is 24.8 Å². The van der Waals surface area contributed by atoms with Crippen LogP contribution in [0.25, 0.3) is 10.8 Å². The van der Waals surface area contributed by atoms with E-state index in [0.29, 0.717) is 16.5 Å². The predicted molar refractivity (Wildman–Crippen MR) is 124 cm³/mol. The van der Waals surface area contributed by atoms with Crippen molar-refractivity contribution in [3.05, 3.63) is 106 Å². The molecule has 7 nitrogen and oxygen atoms in total. The zero-order valence-electron chi connectivity index (χ0n) is 17.8. The lowest BCUT2D eigenvalue weighted by molar-refractivity contribution is 0.0949. The zero-order valence-corrected chi connectivity index (χ0v) is 17.8. The van der Waals surface area contributed by atoms with Crippen molar-refractivity contribution in [3.8, 4) is 5.75 Å². The average molecular weight is 426 g/mol. The molecule has 4 rings (SSSR count). The molecule has 0 spiro atoms. The van der Waals surface area contributed by atoms with Crippen LogP contribution in [0.15, 0.2) is 88.8 Å². The van der Waals surface area contributed by atoms with Crippen LogP contribution in [0.4, 0.5) is 0 Å². The smallest absolute Gasteiger partial charge is 0.292 e. The maximum atomic E-state index is 13.0. The third-order valence-electron chi connectivity index (χ3n) is 5.09. The summed E-state index contributed by atoms with van der Waals surface area (Å²) in [6.45, 7) is 2.06. The molecule has 0 aliphatic rings. The highest BCUT2D eigenvalue weighted by molar-refractivity contribution is 6.06. The lowest BCUT2D eigenvalue weighted by atomic mass is 10.1. The maximum Gasteiger partial charge on any atom is 0.292 e. The average Bonchev–Trinajstić information content (AvgIpc) is 2.84. The summed E-state index contributed by atoms with van der Waals surface area (Å²) in [4.78, 5) is 25.9. The fourth-order valence-electron chi connectivity index (χ4n) is 3.35. The first-order valence-corrected chi connectivity index (χ1v) is 10.1. The molecule has 4 aromatic rings. The van der Waals surface area contributed by atoms with Gasteiger partial charge in [-0.3, -0.25) is 9.59 Å². The molecule has 1 aromatic heterocycles. The van der Waals surface area contributed by atoms with Crippen molar-refractivity contribution in [2.24, 2.45) is 5.10 Å². The summed E-state index contributed by atoms with van der Waals surface area (Å²) in [7, 11) is 1.60. The van der Waals surface area contributed by atoms with E-state index >= 15 is 0 Å². The predicted octanol–water partition coefficient (Wildman–Crippen LogP) is 3.61. The molecular weight excluding hydrogens is 404 g/mol. The molecule has 0 radical (unpaired) electrons. The molecule has 1 amide bonds. The van der Waals surface area contributed by atoms with Gasteiger partial charge in [-0.05, 0) is 48.4 Å². The third-order valence-corrected chi connectivity index (χ3v) is 5.09. The number of hydrazone groups is 1. The Balaban J connectivity index is 1.67. The Kier molecular flexibility index (Phi) is 6.07. The molecule has 160 valence electrons. The van der Waals surface area contributed by atoms with E-state index in [2.05, 4.69) is 15.6 Å². The Hall–Kier alpha value is -4.26. The number of methoxy groups -OCH3 is 1. The summed E-state index contributed by atoms with van der Waals surface area (Å²) in [6, 6.07) is 23.8. The quantitative estimate of drug-likeness (QED) is 0.377. The molecule has 0 unspecified atom stereocenters. The van der Waals surface area contributed by atoms with Crippen LogP contribution >= 0.6 is 0 Å². The van der Waals surface area contributed by atoms with Crippen LogP contribution in [0.1, 0.15) is 28.5 Å². The standard InChI is InChI=1S/C25H22N4O3/c1-17(19-12-14-20(32-2)15-13-19)26-27-24(30)23-21-10-6-7-11-22(21)25(31)29(28-23)16-18-8-4-3-5-9-18/h3-15H,16H2,1-2H3,(H,27,30). The van der Waals surface area contributed by atoms with Crippen LogP contribution < -0.4 is 15.7 Å².